The summed E-state index contributed by atoms with van der Waals surface area (Å²) < 4.78 is 18.2. The first kappa shape index (κ1) is 28.1. The van der Waals surface area contributed by atoms with Crippen molar-refractivity contribution < 1.29 is 14.2 Å². The van der Waals surface area contributed by atoms with Crippen LogP contribution in [0.3, 0.4) is 0 Å². The van der Waals surface area contributed by atoms with Gasteiger partial charge in [0.15, 0.2) is 0 Å². The number of benzene rings is 4. The van der Waals surface area contributed by atoms with Gasteiger partial charge in [0.05, 0.1) is 32.5 Å². The van der Waals surface area contributed by atoms with Crippen LogP contribution in [-0.4, -0.2) is 32.4 Å². The van der Waals surface area contributed by atoms with Crippen LogP contribution in [0.5, 0.6) is 5.75 Å². The van der Waals surface area contributed by atoms with Gasteiger partial charge in [-0.25, -0.2) is 0 Å². The van der Waals surface area contributed by atoms with E-state index in [1.54, 1.807) is 0 Å². The molecule has 5 heteroatoms. The molecule has 4 aromatic carbocycles. The maximum absolute atomic E-state index is 6.45. The van der Waals surface area contributed by atoms with Crippen LogP contribution in [0.2, 0.25) is 0 Å². The van der Waals surface area contributed by atoms with Crippen molar-refractivity contribution in [2.75, 3.05) is 26.3 Å². The Balaban J connectivity index is 0.00000336. The number of hydrogen-bond donors (Lipinski definition) is 1. The van der Waals surface area contributed by atoms with E-state index in [4.69, 9.17) is 14.2 Å². The third kappa shape index (κ3) is 7.81. The number of rotatable bonds is 11. The van der Waals surface area contributed by atoms with Crippen molar-refractivity contribution in [3.8, 4) is 5.75 Å². The van der Waals surface area contributed by atoms with Crippen LogP contribution in [0.15, 0.2) is 91.0 Å². The summed E-state index contributed by atoms with van der Waals surface area (Å²) in [7, 11) is 0. The summed E-state index contributed by atoms with van der Waals surface area (Å²) in [5.41, 5.74) is 5.02. The molecule has 1 saturated heterocycles. The maximum Gasteiger partial charge on any atom is 0.119 e. The Labute approximate surface area is 232 Å². The van der Waals surface area contributed by atoms with Gasteiger partial charge in [0, 0.05) is 18.9 Å². The van der Waals surface area contributed by atoms with Gasteiger partial charge in [-0.3, -0.25) is 0 Å². The molecule has 0 aliphatic carbocycles. The Bertz CT molecular complexity index is 1280. The van der Waals surface area contributed by atoms with Crippen molar-refractivity contribution in [1.29, 1.82) is 0 Å². The van der Waals surface area contributed by atoms with Gasteiger partial charge in [-0.2, -0.15) is 0 Å². The van der Waals surface area contributed by atoms with Crippen LogP contribution >= 0.6 is 12.4 Å². The first-order valence-corrected chi connectivity index (χ1v) is 13.4. The molecule has 0 bridgehead atoms. The van der Waals surface area contributed by atoms with Gasteiger partial charge < -0.3 is 19.5 Å². The highest BCUT2D eigenvalue weighted by atomic mass is 35.5. The Morgan fingerprint density at radius 1 is 0.789 bits per heavy atom. The fraction of sp³-hybridized carbons (Fsp3) is 0.333. The molecule has 1 fully saturated rings. The predicted molar refractivity (Wildman–Crippen MR) is 157 cm³/mol. The van der Waals surface area contributed by atoms with Gasteiger partial charge in [-0.05, 0) is 65.6 Å². The Kier molecular flexibility index (Phi) is 10.6. The van der Waals surface area contributed by atoms with E-state index in [0.717, 1.165) is 31.7 Å². The number of hydrogen-bond acceptors (Lipinski definition) is 4. The molecule has 0 radical (unpaired) electrons. The van der Waals surface area contributed by atoms with E-state index in [9.17, 15) is 0 Å². The van der Waals surface area contributed by atoms with Crippen LogP contribution < -0.4 is 10.1 Å². The molecule has 0 aromatic heterocycles. The second-order valence-electron chi connectivity index (χ2n) is 9.94. The van der Waals surface area contributed by atoms with Gasteiger partial charge in [0.2, 0.25) is 0 Å². The fourth-order valence-corrected chi connectivity index (χ4v) is 5.07. The summed E-state index contributed by atoms with van der Waals surface area (Å²) in [4.78, 5) is 0. The zero-order valence-electron chi connectivity index (χ0n) is 22.1. The monoisotopic (exact) mass is 531 g/mol. The minimum atomic E-state index is 0. The molecule has 0 spiro atoms. The normalized spacial score (nSPS) is 17.2. The zero-order valence-corrected chi connectivity index (χ0v) is 22.9. The van der Waals surface area contributed by atoms with E-state index < -0.39 is 0 Å². The molecular weight excluding hydrogens is 494 g/mol. The van der Waals surface area contributed by atoms with Gasteiger partial charge in [0.1, 0.15) is 5.75 Å². The van der Waals surface area contributed by atoms with Gasteiger partial charge in [0.25, 0.3) is 0 Å². The first-order valence-electron chi connectivity index (χ1n) is 13.4. The summed E-state index contributed by atoms with van der Waals surface area (Å²) in [6, 6.07) is 32.1. The van der Waals surface area contributed by atoms with E-state index in [2.05, 4.69) is 103 Å². The van der Waals surface area contributed by atoms with Crippen LogP contribution in [0, 0.1) is 6.92 Å². The van der Waals surface area contributed by atoms with E-state index in [0.29, 0.717) is 32.3 Å². The number of piperidine rings is 1. The molecule has 5 rings (SSSR count). The molecule has 1 aliphatic rings. The van der Waals surface area contributed by atoms with Crippen molar-refractivity contribution in [1.82, 2.24) is 5.32 Å². The van der Waals surface area contributed by atoms with Gasteiger partial charge in [-0.15, -0.1) is 12.4 Å². The number of nitrogens with one attached hydrogen (secondary N) is 1. The molecule has 0 saturated carbocycles. The van der Waals surface area contributed by atoms with Crippen LogP contribution in [0.25, 0.3) is 10.8 Å². The lowest BCUT2D eigenvalue weighted by Gasteiger charge is -2.32. The largest absolute Gasteiger partial charge is 0.494 e. The zero-order chi connectivity index (χ0) is 25.3. The molecule has 4 nitrogen and oxygen atoms in total. The minimum Gasteiger partial charge on any atom is -0.494 e. The van der Waals surface area contributed by atoms with Crippen LogP contribution in [0.1, 0.15) is 41.0 Å². The second kappa shape index (κ2) is 14.3. The van der Waals surface area contributed by atoms with Crippen LogP contribution in [0.4, 0.5) is 0 Å². The number of aryl methyl sites for hydroxylation is 1. The minimum absolute atomic E-state index is 0. The van der Waals surface area contributed by atoms with Crippen molar-refractivity contribution in [3.63, 3.8) is 0 Å². The molecule has 1 aliphatic heterocycles. The second-order valence-corrected chi connectivity index (χ2v) is 9.94. The molecule has 1 heterocycles. The summed E-state index contributed by atoms with van der Waals surface area (Å²) in [5, 5.41) is 6.03. The topological polar surface area (TPSA) is 39.7 Å². The lowest BCUT2D eigenvalue weighted by atomic mass is 9.87. The van der Waals surface area contributed by atoms with Gasteiger partial charge in [-0.1, -0.05) is 78.4 Å². The van der Waals surface area contributed by atoms with Crippen molar-refractivity contribution >= 4 is 23.2 Å². The summed E-state index contributed by atoms with van der Waals surface area (Å²) in [6.07, 6.45) is 2.09. The third-order valence-electron chi connectivity index (χ3n) is 7.07. The van der Waals surface area contributed by atoms with E-state index in [-0.39, 0.29) is 18.5 Å². The van der Waals surface area contributed by atoms with Crippen molar-refractivity contribution in [2.45, 2.75) is 45.0 Å². The van der Waals surface area contributed by atoms with Crippen LogP contribution in [-0.2, 0) is 22.7 Å². The van der Waals surface area contributed by atoms with E-state index in [1.165, 1.54) is 33.0 Å². The average Bonchev–Trinajstić information content (AvgIpc) is 2.94. The average molecular weight is 532 g/mol. The molecule has 1 N–H and O–H groups in total. The van der Waals surface area contributed by atoms with E-state index in [1.807, 2.05) is 0 Å². The highest BCUT2D eigenvalue weighted by Crippen LogP contribution is 2.30. The maximum atomic E-state index is 6.45. The number of halogens is 1. The molecule has 2 atom stereocenters. The highest BCUT2D eigenvalue weighted by molar-refractivity contribution is 5.85. The molecule has 4 aromatic rings. The summed E-state index contributed by atoms with van der Waals surface area (Å²) in [5.74, 6) is 1.29. The van der Waals surface area contributed by atoms with Gasteiger partial charge >= 0.3 is 0 Å². The molecule has 0 amide bonds. The van der Waals surface area contributed by atoms with E-state index >= 15 is 0 Å². The summed E-state index contributed by atoms with van der Waals surface area (Å²) >= 11 is 0. The lowest BCUT2D eigenvalue weighted by molar-refractivity contribution is 0.0106. The summed E-state index contributed by atoms with van der Waals surface area (Å²) in [6.45, 7) is 6.61. The Morgan fingerprint density at radius 3 is 2.45 bits per heavy atom. The SMILES string of the molecule is Cc1cccc(COCCCOc2ccc(C3CCNCC3OCc3ccc4ccccc4c3)cc2)c1.Cl. The highest BCUT2D eigenvalue weighted by Gasteiger charge is 2.27. The lowest BCUT2D eigenvalue weighted by Crippen LogP contribution is -2.40. The van der Waals surface area contributed by atoms with Crippen molar-refractivity contribution in [3.05, 3.63) is 113 Å². The first-order chi connectivity index (χ1) is 18.2. The quantitative estimate of drug-likeness (QED) is 0.207. The number of fused-ring (bicyclic) bond motifs is 1. The standard InChI is InChI=1S/C33H37NO3.ClH/c1-25-6-4-7-26(20-25)23-35-18-5-19-36-31-14-12-29(13-15-31)32-16-17-34-22-33(32)37-24-27-10-11-28-8-2-3-9-30(28)21-27;/h2-4,6-15,20-21,32-34H,5,16-19,22-24H2,1H3;1H. The smallest absolute Gasteiger partial charge is 0.119 e. The fourth-order valence-electron chi connectivity index (χ4n) is 5.07. The number of ether oxygens (including phenoxy) is 3. The molecular formula is C33H38ClNO3. The van der Waals surface area contributed by atoms with Crippen molar-refractivity contribution in [2.24, 2.45) is 0 Å². The molecule has 38 heavy (non-hydrogen) atoms. The molecule has 2 unspecified atom stereocenters. The Hall–Kier alpha value is -2.89. The Morgan fingerprint density at radius 2 is 1.61 bits per heavy atom. The predicted octanol–water partition coefficient (Wildman–Crippen LogP) is 7.22. The third-order valence-corrected chi connectivity index (χ3v) is 7.07. The molecule has 200 valence electrons.